The molecule has 0 spiro atoms. The minimum Gasteiger partial charge on any atom is -0.320 e. The van der Waals surface area contributed by atoms with Crippen molar-refractivity contribution in [1.82, 2.24) is 15.0 Å². The molecule has 1 unspecified atom stereocenters. The Morgan fingerprint density at radius 3 is 2.35 bits per heavy atom. The average molecular weight is 428 g/mol. The van der Waals surface area contributed by atoms with E-state index < -0.39 is 5.92 Å². The van der Waals surface area contributed by atoms with E-state index in [1.165, 1.54) is 4.80 Å². The van der Waals surface area contributed by atoms with E-state index in [2.05, 4.69) is 21.6 Å². The maximum atomic E-state index is 12.8. The summed E-state index contributed by atoms with van der Waals surface area (Å²) in [6.45, 7) is 1.73. The van der Waals surface area contributed by atoms with Crippen LogP contribution in [0.3, 0.4) is 0 Å². The molecule has 0 saturated carbocycles. The van der Waals surface area contributed by atoms with Crippen molar-refractivity contribution < 1.29 is 4.79 Å². The first-order valence-corrected chi connectivity index (χ1v) is 9.99. The molecule has 1 atom stereocenters. The third kappa shape index (κ3) is 4.32. The van der Waals surface area contributed by atoms with Crippen LogP contribution in [-0.4, -0.2) is 20.9 Å². The minimum atomic E-state index is -0.494. The second-order valence-electron chi connectivity index (χ2n) is 6.92. The molecule has 0 aliphatic rings. The Kier molecular flexibility index (Phi) is 5.78. The Labute approximate surface area is 184 Å². The summed E-state index contributed by atoms with van der Waals surface area (Å²) in [5.74, 6) is -0.880. The standard InChI is InChI=1S/C24H18ClN5O/c1-16-23(29-30(28-16)19-10-6-3-7-11-19)24(31)27-18-12-13-20(22(25)14-18)21(15-26)17-8-4-2-5-9-17/h2-14,21H,1H3,(H,27,31). The van der Waals surface area contributed by atoms with Gasteiger partial charge in [0, 0.05) is 10.7 Å². The van der Waals surface area contributed by atoms with E-state index in [9.17, 15) is 10.1 Å². The van der Waals surface area contributed by atoms with Gasteiger partial charge in [-0.05, 0) is 42.3 Å². The van der Waals surface area contributed by atoms with Crippen molar-refractivity contribution in [3.05, 3.63) is 106 Å². The van der Waals surface area contributed by atoms with Gasteiger partial charge in [-0.2, -0.15) is 15.2 Å². The minimum absolute atomic E-state index is 0.225. The lowest BCUT2D eigenvalue weighted by Crippen LogP contribution is -2.14. The van der Waals surface area contributed by atoms with Gasteiger partial charge in [-0.3, -0.25) is 4.79 Å². The molecular weight excluding hydrogens is 410 g/mol. The number of carbonyl (C=O) groups is 1. The van der Waals surface area contributed by atoms with E-state index in [-0.39, 0.29) is 11.6 Å². The summed E-state index contributed by atoms with van der Waals surface area (Å²) in [4.78, 5) is 14.2. The van der Waals surface area contributed by atoms with Crippen molar-refractivity contribution in [1.29, 1.82) is 5.26 Å². The Balaban J connectivity index is 1.55. The number of anilines is 1. The van der Waals surface area contributed by atoms with Crippen molar-refractivity contribution in [2.75, 3.05) is 5.32 Å². The molecule has 0 fully saturated rings. The number of halogens is 1. The summed E-state index contributed by atoms with van der Waals surface area (Å²) in [6.07, 6.45) is 0. The van der Waals surface area contributed by atoms with Crippen LogP contribution in [-0.2, 0) is 0 Å². The summed E-state index contributed by atoms with van der Waals surface area (Å²) in [7, 11) is 0. The van der Waals surface area contributed by atoms with Gasteiger partial charge in [0.2, 0.25) is 0 Å². The van der Waals surface area contributed by atoms with Crippen LogP contribution in [0.2, 0.25) is 5.02 Å². The third-order valence-electron chi connectivity index (χ3n) is 4.82. The summed E-state index contributed by atoms with van der Waals surface area (Å²) in [5, 5.41) is 21.5. The fourth-order valence-corrected chi connectivity index (χ4v) is 3.55. The molecule has 152 valence electrons. The molecule has 31 heavy (non-hydrogen) atoms. The normalized spacial score (nSPS) is 11.5. The fraction of sp³-hybridized carbons (Fsp3) is 0.0833. The summed E-state index contributed by atoms with van der Waals surface area (Å²) in [6, 6.07) is 26.2. The topological polar surface area (TPSA) is 83.6 Å². The second-order valence-corrected chi connectivity index (χ2v) is 7.33. The van der Waals surface area contributed by atoms with Gasteiger partial charge in [0.1, 0.15) is 0 Å². The Hall–Kier alpha value is -3.95. The van der Waals surface area contributed by atoms with Crippen LogP contribution >= 0.6 is 11.6 Å². The van der Waals surface area contributed by atoms with E-state index in [4.69, 9.17) is 11.6 Å². The van der Waals surface area contributed by atoms with E-state index in [0.29, 0.717) is 22.0 Å². The van der Waals surface area contributed by atoms with Gasteiger partial charge in [0.25, 0.3) is 5.91 Å². The van der Waals surface area contributed by atoms with E-state index in [0.717, 1.165) is 11.3 Å². The van der Waals surface area contributed by atoms with Gasteiger partial charge in [-0.25, -0.2) is 0 Å². The van der Waals surface area contributed by atoms with E-state index in [1.54, 1.807) is 25.1 Å². The first kappa shape index (κ1) is 20.3. The van der Waals surface area contributed by atoms with E-state index in [1.807, 2.05) is 60.7 Å². The maximum Gasteiger partial charge on any atom is 0.278 e. The zero-order valence-corrected chi connectivity index (χ0v) is 17.4. The number of nitrogens with zero attached hydrogens (tertiary/aromatic N) is 4. The van der Waals surface area contributed by atoms with Crippen molar-refractivity contribution in [2.24, 2.45) is 0 Å². The Morgan fingerprint density at radius 1 is 1.03 bits per heavy atom. The molecule has 0 radical (unpaired) electrons. The molecule has 0 saturated heterocycles. The highest BCUT2D eigenvalue weighted by Gasteiger charge is 2.19. The van der Waals surface area contributed by atoms with Gasteiger partial charge in [0.15, 0.2) is 5.69 Å². The van der Waals surface area contributed by atoms with E-state index >= 15 is 0 Å². The largest absolute Gasteiger partial charge is 0.320 e. The highest BCUT2D eigenvalue weighted by molar-refractivity contribution is 6.31. The number of nitriles is 1. The van der Waals surface area contributed by atoms with Crippen LogP contribution in [0, 0.1) is 18.3 Å². The zero-order chi connectivity index (χ0) is 21.8. The Bertz CT molecular complexity index is 1260. The highest BCUT2D eigenvalue weighted by Crippen LogP contribution is 2.32. The number of aromatic nitrogens is 3. The fourth-order valence-electron chi connectivity index (χ4n) is 3.26. The predicted molar refractivity (Wildman–Crippen MR) is 119 cm³/mol. The molecule has 1 aromatic heterocycles. The monoisotopic (exact) mass is 427 g/mol. The molecular formula is C24H18ClN5O. The highest BCUT2D eigenvalue weighted by atomic mass is 35.5. The number of benzene rings is 3. The van der Waals surface area contributed by atoms with Crippen LogP contribution in [0.1, 0.15) is 33.2 Å². The molecule has 0 aliphatic carbocycles. The van der Waals surface area contributed by atoms with Gasteiger partial charge >= 0.3 is 0 Å². The lowest BCUT2D eigenvalue weighted by Gasteiger charge is -2.13. The molecule has 4 rings (SSSR count). The number of aryl methyl sites for hydroxylation is 1. The quantitative estimate of drug-likeness (QED) is 0.478. The lowest BCUT2D eigenvalue weighted by molar-refractivity contribution is 0.102. The lowest BCUT2D eigenvalue weighted by atomic mass is 9.92. The van der Waals surface area contributed by atoms with Crippen molar-refractivity contribution in [2.45, 2.75) is 12.8 Å². The van der Waals surface area contributed by atoms with Gasteiger partial charge < -0.3 is 5.32 Å². The molecule has 7 heteroatoms. The van der Waals surface area contributed by atoms with Gasteiger partial charge in [0.05, 0.1) is 23.4 Å². The molecule has 6 nitrogen and oxygen atoms in total. The molecule has 0 aliphatic heterocycles. The van der Waals surface area contributed by atoms with Crippen LogP contribution < -0.4 is 5.32 Å². The predicted octanol–water partition coefficient (Wildman–Crippen LogP) is 5.14. The molecule has 1 N–H and O–H groups in total. The molecule has 0 bridgehead atoms. The summed E-state index contributed by atoms with van der Waals surface area (Å²) >= 11 is 6.46. The van der Waals surface area contributed by atoms with Crippen molar-refractivity contribution in [3.8, 4) is 11.8 Å². The van der Waals surface area contributed by atoms with Crippen LogP contribution in [0.4, 0.5) is 5.69 Å². The van der Waals surface area contributed by atoms with Crippen LogP contribution in [0.15, 0.2) is 78.9 Å². The molecule has 1 heterocycles. The second kappa shape index (κ2) is 8.82. The first-order chi connectivity index (χ1) is 15.1. The number of nitrogens with one attached hydrogen (secondary N) is 1. The number of hydrogen-bond donors (Lipinski definition) is 1. The number of rotatable bonds is 5. The third-order valence-corrected chi connectivity index (χ3v) is 5.14. The smallest absolute Gasteiger partial charge is 0.278 e. The Morgan fingerprint density at radius 2 is 1.71 bits per heavy atom. The molecule has 1 amide bonds. The van der Waals surface area contributed by atoms with Crippen LogP contribution in [0.25, 0.3) is 5.69 Å². The number of hydrogen-bond acceptors (Lipinski definition) is 4. The van der Waals surface area contributed by atoms with Crippen LogP contribution in [0.5, 0.6) is 0 Å². The van der Waals surface area contributed by atoms with Gasteiger partial charge in [-0.1, -0.05) is 66.2 Å². The number of amides is 1. The summed E-state index contributed by atoms with van der Waals surface area (Å²) < 4.78 is 0. The number of para-hydroxylation sites is 1. The zero-order valence-electron chi connectivity index (χ0n) is 16.7. The van der Waals surface area contributed by atoms with Crippen molar-refractivity contribution >= 4 is 23.2 Å². The summed E-state index contributed by atoms with van der Waals surface area (Å²) in [5.41, 5.74) is 3.55. The first-order valence-electron chi connectivity index (χ1n) is 9.61. The van der Waals surface area contributed by atoms with Crippen molar-refractivity contribution in [3.63, 3.8) is 0 Å². The molecule has 3 aromatic carbocycles. The number of carbonyl (C=O) groups excluding carboxylic acids is 1. The van der Waals surface area contributed by atoms with Gasteiger partial charge in [-0.15, -0.1) is 5.10 Å². The SMILES string of the molecule is Cc1nn(-c2ccccc2)nc1C(=O)Nc1ccc(C(C#N)c2ccccc2)c(Cl)c1. The molecule has 4 aromatic rings. The average Bonchev–Trinajstić information content (AvgIpc) is 3.19. The maximum absolute atomic E-state index is 12.8.